The summed E-state index contributed by atoms with van der Waals surface area (Å²) >= 11 is 1.62. The lowest BCUT2D eigenvalue weighted by molar-refractivity contribution is -0.120. The third-order valence-corrected chi connectivity index (χ3v) is 4.61. The van der Waals surface area contributed by atoms with Crippen LogP contribution in [0.3, 0.4) is 0 Å². The van der Waals surface area contributed by atoms with Crippen molar-refractivity contribution in [2.45, 2.75) is 13.0 Å². The number of benzene rings is 1. The number of amides is 1. The Kier molecular flexibility index (Phi) is 5.08. The van der Waals surface area contributed by atoms with Crippen molar-refractivity contribution in [3.63, 3.8) is 0 Å². The monoisotopic (exact) mass is 316 g/mol. The first-order valence-electron chi connectivity index (χ1n) is 7.52. The van der Waals surface area contributed by atoms with Gasteiger partial charge in [0.25, 0.3) is 0 Å². The Bertz CT molecular complexity index is 607. The fourth-order valence-electron chi connectivity index (χ4n) is 2.60. The second-order valence-corrected chi connectivity index (χ2v) is 6.29. The van der Waals surface area contributed by atoms with Crippen LogP contribution in [0.1, 0.15) is 10.4 Å². The predicted octanol–water partition coefficient (Wildman–Crippen LogP) is 2.44. The second-order valence-electron chi connectivity index (χ2n) is 5.26. The molecule has 1 aromatic carbocycles. The van der Waals surface area contributed by atoms with Crippen molar-refractivity contribution in [1.82, 2.24) is 5.32 Å². The zero-order valence-corrected chi connectivity index (χ0v) is 13.3. The van der Waals surface area contributed by atoms with E-state index in [1.54, 1.807) is 11.3 Å². The number of hydrogen-bond donors (Lipinski definition) is 1. The molecule has 0 saturated carbocycles. The summed E-state index contributed by atoms with van der Waals surface area (Å²) in [5.74, 6) is 0.0687. The number of ether oxygens (including phenoxy) is 1. The molecule has 2 aromatic rings. The maximum atomic E-state index is 12.0. The molecule has 1 aromatic heterocycles. The number of para-hydroxylation sites is 1. The van der Waals surface area contributed by atoms with Gasteiger partial charge in [0.15, 0.2) is 0 Å². The molecule has 0 unspecified atom stereocenters. The van der Waals surface area contributed by atoms with Crippen molar-refractivity contribution in [2.75, 3.05) is 31.2 Å². The highest BCUT2D eigenvalue weighted by Crippen LogP contribution is 2.21. The minimum Gasteiger partial charge on any atom is -0.378 e. The minimum absolute atomic E-state index is 0.0687. The average molecular weight is 316 g/mol. The molecule has 4 nitrogen and oxygen atoms in total. The van der Waals surface area contributed by atoms with Gasteiger partial charge in [0.1, 0.15) is 0 Å². The highest BCUT2D eigenvalue weighted by molar-refractivity contribution is 7.10. The van der Waals surface area contributed by atoms with Crippen LogP contribution in [0.2, 0.25) is 0 Å². The van der Waals surface area contributed by atoms with E-state index in [4.69, 9.17) is 4.74 Å². The van der Waals surface area contributed by atoms with Gasteiger partial charge in [0.2, 0.25) is 5.91 Å². The third kappa shape index (κ3) is 3.87. The van der Waals surface area contributed by atoms with Crippen molar-refractivity contribution < 1.29 is 9.53 Å². The molecule has 0 atom stereocenters. The maximum absolute atomic E-state index is 12.0. The summed E-state index contributed by atoms with van der Waals surface area (Å²) < 4.78 is 5.41. The van der Waals surface area contributed by atoms with Crippen LogP contribution in [-0.4, -0.2) is 32.2 Å². The predicted molar refractivity (Wildman–Crippen MR) is 89.3 cm³/mol. The molecular formula is C17H20N2O2S. The number of hydrogen-bond acceptors (Lipinski definition) is 4. The van der Waals surface area contributed by atoms with Crippen LogP contribution in [0.15, 0.2) is 41.8 Å². The van der Waals surface area contributed by atoms with Gasteiger partial charge in [0, 0.05) is 30.2 Å². The van der Waals surface area contributed by atoms with Crippen molar-refractivity contribution in [1.29, 1.82) is 0 Å². The molecule has 1 aliphatic heterocycles. The highest BCUT2D eigenvalue weighted by atomic mass is 32.1. The average Bonchev–Trinajstić information content (AvgIpc) is 3.07. The van der Waals surface area contributed by atoms with Gasteiger partial charge in [-0.2, -0.15) is 0 Å². The summed E-state index contributed by atoms with van der Waals surface area (Å²) in [5, 5.41) is 5.02. The Balaban J connectivity index is 1.61. The minimum atomic E-state index is 0.0687. The van der Waals surface area contributed by atoms with Gasteiger partial charge in [0.05, 0.1) is 19.6 Å². The van der Waals surface area contributed by atoms with Crippen LogP contribution in [0.25, 0.3) is 0 Å². The molecule has 1 N–H and O–H groups in total. The Morgan fingerprint density at radius 3 is 2.77 bits per heavy atom. The molecule has 2 heterocycles. The van der Waals surface area contributed by atoms with Gasteiger partial charge in [-0.15, -0.1) is 11.3 Å². The Labute approximate surface area is 134 Å². The zero-order valence-electron chi connectivity index (χ0n) is 12.5. The molecule has 3 rings (SSSR count). The first kappa shape index (κ1) is 15.1. The summed E-state index contributed by atoms with van der Waals surface area (Å²) in [7, 11) is 0. The standard InChI is InChI=1S/C17H20N2O2S/c20-17(12-15-5-3-11-22-15)18-13-14-4-1-2-6-16(14)19-7-9-21-10-8-19/h1-6,11H,7-10,12-13H2,(H,18,20). The first-order valence-corrected chi connectivity index (χ1v) is 8.40. The van der Waals surface area contributed by atoms with Crippen LogP contribution in [0.5, 0.6) is 0 Å². The zero-order chi connectivity index (χ0) is 15.2. The van der Waals surface area contributed by atoms with Gasteiger partial charge in [-0.3, -0.25) is 4.79 Å². The van der Waals surface area contributed by atoms with Crippen LogP contribution in [-0.2, 0) is 22.5 Å². The second kappa shape index (κ2) is 7.42. The van der Waals surface area contributed by atoms with Gasteiger partial charge >= 0.3 is 0 Å². The van der Waals surface area contributed by atoms with Crippen LogP contribution in [0.4, 0.5) is 5.69 Å². The molecular weight excluding hydrogens is 296 g/mol. The van der Waals surface area contributed by atoms with Gasteiger partial charge in [-0.05, 0) is 23.1 Å². The molecule has 0 bridgehead atoms. The van der Waals surface area contributed by atoms with Crippen LogP contribution >= 0.6 is 11.3 Å². The number of nitrogens with one attached hydrogen (secondary N) is 1. The lowest BCUT2D eigenvalue weighted by atomic mass is 10.1. The molecule has 0 radical (unpaired) electrons. The largest absolute Gasteiger partial charge is 0.378 e. The normalized spacial score (nSPS) is 14.8. The van der Waals surface area contributed by atoms with E-state index in [9.17, 15) is 4.79 Å². The smallest absolute Gasteiger partial charge is 0.225 e. The van der Waals surface area contributed by atoms with Crippen molar-refractivity contribution >= 4 is 22.9 Å². The molecule has 1 fully saturated rings. The van der Waals surface area contributed by atoms with Crippen molar-refractivity contribution in [2.24, 2.45) is 0 Å². The molecule has 0 spiro atoms. The van der Waals surface area contributed by atoms with E-state index < -0.39 is 0 Å². The fraction of sp³-hybridized carbons (Fsp3) is 0.353. The van der Waals surface area contributed by atoms with E-state index in [0.717, 1.165) is 36.7 Å². The van der Waals surface area contributed by atoms with Gasteiger partial charge in [-0.1, -0.05) is 24.3 Å². The number of carbonyl (C=O) groups excluding carboxylic acids is 1. The summed E-state index contributed by atoms with van der Waals surface area (Å²) in [4.78, 5) is 15.5. The van der Waals surface area contributed by atoms with E-state index in [2.05, 4.69) is 22.3 Å². The van der Waals surface area contributed by atoms with Crippen LogP contribution in [0, 0.1) is 0 Å². The number of nitrogens with zero attached hydrogens (tertiary/aromatic N) is 1. The van der Waals surface area contributed by atoms with Crippen molar-refractivity contribution in [3.05, 3.63) is 52.2 Å². The lowest BCUT2D eigenvalue weighted by Gasteiger charge is -2.30. The Morgan fingerprint density at radius 2 is 2.00 bits per heavy atom. The number of thiophene rings is 1. The molecule has 116 valence electrons. The molecule has 1 aliphatic rings. The molecule has 22 heavy (non-hydrogen) atoms. The topological polar surface area (TPSA) is 41.6 Å². The SMILES string of the molecule is O=C(Cc1cccs1)NCc1ccccc1N1CCOCC1. The van der Waals surface area contributed by atoms with E-state index in [1.807, 2.05) is 29.6 Å². The van der Waals surface area contributed by atoms with E-state index in [0.29, 0.717) is 13.0 Å². The maximum Gasteiger partial charge on any atom is 0.225 e. The Hall–Kier alpha value is -1.85. The number of morpholine rings is 1. The summed E-state index contributed by atoms with van der Waals surface area (Å²) in [6, 6.07) is 12.2. The van der Waals surface area contributed by atoms with E-state index >= 15 is 0 Å². The van der Waals surface area contributed by atoms with Gasteiger partial charge in [-0.25, -0.2) is 0 Å². The molecule has 5 heteroatoms. The quantitative estimate of drug-likeness (QED) is 0.921. The van der Waals surface area contributed by atoms with Crippen molar-refractivity contribution in [3.8, 4) is 0 Å². The third-order valence-electron chi connectivity index (χ3n) is 3.73. The first-order chi connectivity index (χ1) is 10.8. The number of rotatable bonds is 5. The lowest BCUT2D eigenvalue weighted by Crippen LogP contribution is -2.37. The highest BCUT2D eigenvalue weighted by Gasteiger charge is 2.14. The molecule has 1 amide bonds. The van der Waals surface area contributed by atoms with Crippen LogP contribution < -0.4 is 10.2 Å². The van der Waals surface area contributed by atoms with E-state index in [1.165, 1.54) is 5.69 Å². The number of carbonyl (C=O) groups is 1. The van der Waals surface area contributed by atoms with E-state index in [-0.39, 0.29) is 5.91 Å². The molecule has 1 saturated heterocycles. The number of anilines is 1. The Morgan fingerprint density at radius 1 is 1.18 bits per heavy atom. The fourth-order valence-corrected chi connectivity index (χ4v) is 3.30. The van der Waals surface area contributed by atoms with Gasteiger partial charge < -0.3 is 15.0 Å². The molecule has 0 aliphatic carbocycles. The summed E-state index contributed by atoms with van der Waals surface area (Å²) in [6.45, 7) is 3.90. The summed E-state index contributed by atoms with van der Waals surface area (Å²) in [5.41, 5.74) is 2.35. The summed E-state index contributed by atoms with van der Waals surface area (Å²) in [6.07, 6.45) is 0.456.